The van der Waals surface area contributed by atoms with E-state index in [0.29, 0.717) is 31.4 Å². The number of alkyl carbamates (subject to hydrolysis) is 1. The maximum Gasteiger partial charge on any atom is 0.408 e. The Kier molecular flexibility index (Phi) is 12.6. The lowest BCUT2D eigenvalue weighted by Crippen LogP contribution is -2.59. The van der Waals surface area contributed by atoms with Crippen molar-refractivity contribution in [1.29, 1.82) is 0 Å². The smallest absolute Gasteiger partial charge is 0.408 e. The van der Waals surface area contributed by atoms with Crippen LogP contribution in [0.15, 0.2) is 43.5 Å². The SMILES string of the molecule is C=CCCCCC[C@H](NC(=O)OC(C)(C)C)C(=O)N1C[C@@]2(CCc3c(c(C)nc4ccc(C)cc34)O2)C[C@H]1C(=O)N[C@](C)(CC=C)C(=O)OCC. The van der Waals surface area contributed by atoms with Gasteiger partial charge in [0, 0.05) is 17.4 Å². The van der Waals surface area contributed by atoms with Crippen molar-refractivity contribution in [3.63, 3.8) is 0 Å². The summed E-state index contributed by atoms with van der Waals surface area (Å²) >= 11 is 0. The molecule has 1 fully saturated rings. The van der Waals surface area contributed by atoms with E-state index in [-0.39, 0.29) is 26.0 Å². The topological polar surface area (TPSA) is 136 Å². The Labute approximate surface area is 302 Å². The van der Waals surface area contributed by atoms with Crippen LogP contribution in [0.25, 0.3) is 10.9 Å². The van der Waals surface area contributed by atoms with Gasteiger partial charge in [-0.3, -0.25) is 9.59 Å². The number of pyridine rings is 1. The summed E-state index contributed by atoms with van der Waals surface area (Å²) in [6.45, 7) is 20.3. The minimum atomic E-state index is -1.41. The van der Waals surface area contributed by atoms with Crippen LogP contribution in [-0.2, 0) is 30.3 Å². The van der Waals surface area contributed by atoms with Gasteiger partial charge < -0.3 is 29.7 Å². The molecule has 0 radical (unpaired) electrons. The number of hydrogen-bond donors (Lipinski definition) is 2. The molecule has 11 heteroatoms. The zero-order chi connectivity index (χ0) is 37.6. The number of carbonyl (C=O) groups is 4. The van der Waals surface area contributed by atoms with Crippen LogP contribution < -0.4 is 15.4 Å². The molecule has 1 spiro atoms. The van der Waals surface area contributed by atoms with E-state index in [0.717, 1.165) is 47.0 Å². The number of rotatable bonds is 14. The fourth-order valence-electron chi connectivity index (χ4n) is 7.07. The largest absolute Gasteiger partial charge is 0.483 e. The van der Waals surface area contributed by atoms with Crippen molar-refractivity contribution in [2.45, 2.75) is 135 Å². The molecule has 11 nitrogen and oxygen atoms in total. The molecule has 1 aromatic heterocycles. The van der Waals surface area contributed by atoms with Crippen molar-refractivity contribution in [3.8, 4) is 5.75 Å². The van der Waals surface area contributed by atoms with Gasteiger partial charge in [0.2, 0.25) is 11.8 Å². The van der Waals surface area contributed by atoms with Gasteiger partial charge in [0.25, 0.3) is 0 Å². The number of likely N-dealkylation sites (tertiary alicyclic amines) is 1. The summed E-state index contributed by atoms with van der Waals surface area (Å²) in [5.41, 5.74) is 0.703. The Balaban J connectivity index is 1.72. The van der Waals surface area contributed by atoms with E-state index in [1.165, 1.54) is 4.90 Å². The maximum absolute atomic E-state index is 14.6. The number of allylic oxidation sites excluding steroid dienone is 1. The van der Waals surface area contributed by atoms with Gasteiger partial charge in [0.1, 0.15) is 34.6 Å². The molecule has 2 aliphatic rings. The monoisotopic (exact) mass is 704 g/mol. The van der Waals surface area contributed by atoms with E-state index < -0.39 is 52.7 Å². The first-order valence-corrected chi connectivity index (χ1v) is 18.1. The highest BCUT2D eigenvalue weighted by atomic mass is 16.6. The molecule has 0 saturated carbocycles. The standard InChI is InChI=1S/C40H56N4O7/c1-10-13-14-15-16-17-31(42-37(48)51-38(6,7)8)35(46)44-25-40(24-32(44)34(45)43-39(9,21-11-2)36(47)49-12-3)22-20-28-29-23-26(4)18-19-30(29)41-27(5)33(28)50-40/h10-11,18-19,23,31-32H,1-2,12-17,20-22,24-25H2,3-9H3,(H,42,48)(H,43,45)/t31-,32-,39+,40+/m0/s1. The molecule has 2 aliphatic heterocycles. The third-order valence-corrected chi connectivity index (χ3v) is 9.57. The van der Waals surface area contributed by atoms with Crippen LogP contribution in [0.2, 0.25) is 0 Å². The summed E-state index contributed by atoms with van der Waals surface area (Å²) in [4.78, 5) is 61.5. The van der Waals surface area contributed by atoms with Crippen LogP contribution in [0.1, 0.15) is 103 Å². The zero-order valence-corrected chi connectivity index (χ0v) is 31.5. The van der Waals surface area contributed by atoms with Crippen molar-refractivity contribution in [2.75, 3.05) is 13.2 Å². The van der Waals surface area contributed by atoms with Crippen LogP contribution in [-0.4, -0.2) is 75.7 Å². The van der Waals surface area contributed by atoms with Crippen molar-refractivity contribution in [2.24, 2.45) is 0 Å². The summed E-state index contributed by atoms with van der Waals surface area (Å²) in [7, 11) is 0. The first kappa shape index (κ1) is 39.4. The van der Waals surface area contributed by atoms with Gasteiger partial charge in [-0.25, -0.2) is 14.6 Å². The number of nitrogens with zero attached hydrogens (tertiary/aromatic N) is 2. The molecule has 0 unspecified atom stereocenters. The molecular weight excluding hydrogens is 648 g/mol. The highest BCUT2D eigenvalue weighted by molar-refractivity contribution is 5.95. The number of aryl methyl sites for hydroxylation is 3. The molecule has 2 aromatic rings. The number of nitrogens with one attached hydrogen (secondary N) is 2. The maximum atomic E-state index is 14.6. The number of benzene rings is 1. The minimum Gasteiger partial charge on any atom is -0.483 e. The molecule has 51 heavy (non-hydrogen) atoms. The van der Waals surface area contributed by atoms with E-state index in [1.807, 2.05) is 32.1 Å². The number of hydrogen-bond acceptors (Lipinski definition) is 8. The summed E-state index contributed by atoms with van der Waals surface area (Å²) in [5.74, 6) is -0.861. The number of esters is 1. The van der Waals surface area contributed by atoms with Crippen LogP contribution in [0, 0.1) is 13.8 Å². The van der Waals surface area contributed by atoms with E-state index in [2.05, 4.69) is 29.9 Å². The van der Waals surface area contributed by atoms with E-state index in [1.54, 1.807) is 40.7 Å². The second-order valence-electron chi connectivity index (χ2n) is 15.2. The first-order chi connectivity index (χ1) is 24.0. The molecule has 278 valence electrons. The summed E-state index contributed by atoms with van der Waals surface area (Å²) < 4.78 is 17.7. The predicted octanol–water partition coefficient (Wildman–Crippen LogP) is 6.56. The van der Waals surface area contributed by atoms with E-state index in [4.69, 9.17) is 19.2 Å². The Bertz CT molecular complexity index is 1650. The highest BCUT2D eigenvalue weighted by Gasteiger charge is 2.54. The van der Waals surface area contributed by atoms with Gasteiger partial charge in [0.05, 0.1) is 24.4 Å². The number of fused-ring (bicyclic) bond motifs is 3. The van der Waals surface area contributed by atoms with Crippen molar-refractivity contribution >= 4 is 34.8 Å². The van der Waals surface area contributed by atoms with Crippen molar-refractivity contribution in [1.82, 2.24) is 20.5 Å². The molecule has 3 amide bonds. The molecule has 0 aliphatic carbocycles. The van der Waals surface area contributed by atoms with Gasteiger partial charge in [-0.2, -0.15) is 0 Å². The molecule has 3 heterocycles. The van der Waals surface area contributed by atoms with Crippen molar-refractivity contribution < 1.29 is 33.4 Å². The average Bonchev–Trinajstić information content (AvgIpc) is 3.42. The van der Waals surface area contributed by atoms with Gasteiger partial charge in [-0.1, -0.05) is 36.6 Å². The number of amides is 3. The van der Waals surface area contributed by atoms with Gasteiger partial charge in [-0.05, 0) is 99.1 Å². The minimum absolute atomic E-state index is 0.106. The molecular formula is C40H56N4O7. The van der Waals surface area contributed by atoms with Crippen LogP contribution in [0.5, 0.6) is 5.75 Å². The zero-order valence-electron chi connectivity index (χ0n) is 31.5. The van der Waals surface area contributed by atoms with Crippen LogP contribution in [0.3, 0.4) is 0 Å². The summed E-state index contributed by atoms with van der Waals surface area (Å²) in [6, 6.07) is 4.20. The Morgan fingerprint density at radius 2 is 1.86 bits per heavy atom. The van der Waals surface area contributed by atoms with E-state index in [9.17, 15) is 19.2 Å². The fourth-order valence-corrected chi connectivity index (χ4v) is 7.07. The third kappa shape index (κ3) is 9.48. The molecule has 4 rings (SSSR count). The average molecular weight is 705 g/mol. The lowest BCUT2D eigenvalue weighted by Gasteiger charge is -2.37. The number of aromatic nitrogens is 1. The van der Waals surface area contributed by atoms with Crippen LogP contribution >= 0.6 is 0 Å². The predicted molar refractivity (Wildman–Crippen MR) is 197 cm³/mol. The fraction of sp³-hybridized carbons (Fsp3) is 0.575. The number of carbonyl (C=O) groups excluding carboxylic acids is 4. The second kappa shape index (κ2) is 16.3. The number of unbranched alkanes of at least 4 members (excludes halogenated alkanes) is 3. The first-order valence-electron chi connectivity index (χ1n) is 18.1. The summed E-state index contributed by atoms with van der Waals surface area (Å²) in [5, 5.41) is 6.73. The Morgan fingerprint density at radius 3 is 2.53 bits per heavy atom. The van der Waals surface area contributed by atoms with Gasteiger partial charge in [-0.15, -0.1) is 13.2 Å². The molecule has 0 bridgehead atoms. The normalized spacial score (nSPS) is 20.1. The second-order valence-corrected chi connectivity index (χ2v) is 15.2. The third-order valence-electron chi connectivity index (χ3n) is 9.57. The van der Waals surface area contributed by atoms with E-state index >= 15 is 0 Å². The van der Waals surface area contributed by atoms with Crippen LogP contribution in [0.4, 0.5) is 4.79 Å². The quantitative estimate of drug-likeness (QED) is 0.128. The van der Waals surface area contributed by atoms with Gasteiger partial charge >= 0.3 is 12.1 Å². The molecule has 1 saturated heterocycles. The Hall–Kier alpha value is -4.41. The van der Waals surface area contributed by atoms with Gasteiger partial charge in [0.15, 0.2) is 0 Å². The lowest BCUT2D eigenvalue weighted by molar-refractivity contribution is -0.153. The summed E-state index contributed by atoms with van der Waals surface area (Å²) in [6.07, 6.45) is 7.80. The molecule has 4 atom stereocenters. The van der Waals surface area contributed by atoms with Crippen molar-refractivity contribution in [3.05, 3.63) is 60.3 Å². The molecule has 2 N–H and O–H groups in total. The molecule has 1 aromatic carbocycles. The highest BCUT2D eigenvalue weighted by Crippen LogP contribution is 2.45. The number of ether oxygens (including phenoxy) is 3. The Morgan fingerprint density at radius 1 is 1.12 bits per heavy atom. The lowest BCUT2D eigenvalue weighted by atomic mass is 9.86.